The maximum Gasteiger partial charge on any atom is 0.0542 e. The fraction of sp³-hybridized carbons (Fsp3) is 0.164. The van der Waals surface area contributed by atoms with Gasteiger partial charge in [0.15, 0.2) is 0 Å². The van der Waals surface area contributed by atoms with E-state index in [1.54, 1.807) is 0 Å². The van der Waals surface area contributed by atoms with Crippen LogP contribution in [-0.4, -0.2) is 4.57 Å². The molecule has 0 amide bonds. The van der Waals surface area contributed by atoms with Crippen LogP contribution < -0.4 is 4.90 Å². The van der Waals surface area contributed by atoms with Crippen molar-refractivity contribution in [1.82, 2.24) is 4.57 Å². The van der Waals surface area contributed by atoms with Crippen molar-refractivity contribution in [2.75, 3.05) is 4.90 Å². The van der Waals surface area contributed by atoms with Crippen LogP contribution in [0.5, 0.6) is 0 Å². The van der Waals surface area contributed by atoms with Gasteiger partial charge in [-0.2, -0.15) is 0 Å². The number of rotatable bonds is 7. The molecule has 0 atom stereocenters. The summed E-state index contributed by atoms with van der Waals surface area (Å²) in [5.41, 5.74) is 15.6. The number of hydrogen-bond acceptors (Lipinski definition) is 1. The fourth-order valence-corrected chi connectivity index (χ4v) is 9.36. The highest BCUT2D eigenvalue weighted by molar-refractivity contribution is 6.10. The molecule has 0 aliphatic heterocycles. The van der Waals surface area contributed by atoms with Gasteiger partial charge in [-0.15, -0.1) is 0 Å². The van der Waals surface area contributed by atoms with E-state index in [9.17, 15) is 0 Å². The summed E-state index contributed by atoms with van der Waals surface area (Å²) in [5, 5.41) is 4.94. The molecule has 9 aromatic rings. The van der Waals surface area contributed by atoms with Crippen LogP contribution in [0.4, 0.5) is 17.1 Å². The molecule has 2 heteroatoms. The zero-order valence-corrected chi connectivity index (χ0v) is 33.3. The van der Waals surface area contributed by atoms with Gasteiger partial charge in [0.2, 0.25) is 0 Å². The molecule has 0 bridgehead atoms. The fourth-order valence-electron chi connectivity index (χ4n) is 9.36. The quantitative estimate of drug-likeness (QED) is 0.158. The lowest BCUT2D eigenvalue weighted by Gasteiger charge is -2.42. The van der Waals surface area contributed by atoms with Crippen molar-refractivity contribution < 1.29 is 0 Å². The average Bonchev–Trinajstić information content (AvgIpc) is 3.57. The second kappa shape index (κ2) is 13.7. The first-order valence-corrected chi connectivity index (χ1v) is 20.4. The zero-order chi connectivity index (χ0) is 38.7. The monoisotopic (exact) mass is 736 g/mol. The van der Waals surface area contributed by atoms with E-state index in [1.165, 1.54) is 84.5 Å². The zero-order valence-electron chi connectivity index (χ0n) is 33.3. The first kappa shape index (κ1) is 35.1. The summed E-state index contributed by atoms with van der Waals surface area (Å²) in [4.78, 5) is 2.40. The van der Waals surface area contributed by atoms with Crippen molar-refractivity contribution in [2.45, 2.75) is 57.8 Å². The molecule has 278 valence electrons. The number of anilines is 3. The molecule has 10 rings (SSSR count). The summed E-state index contributed by atoms with van der Waals surface area (Å²) >= 11 is 0. The Balaban J connectivity index is 1.07. The van der Waals surface area contributed by atoms with E-state index in [-0.39, 0.29) is 10.8 Å². The Bertz CT molecular complexity index is 2930. The summed E-state index contributed by atoms with van der Waals surface area (Å²) in [5.74, 6) is 0. The van der Waals surface area contributed by atoms with E-state index in [1.807, 2.05) is 0 Å². The predicted molar refractivity (Wildman–Crippen MR) is 243 cm³/mol. The molecule has 0 fully saturated rings. The van der Waals surface area contributed by atoms with Crippen molar-refractivity contribution in [2.24, 2.45) is 0 Å². The van der Waals surface area contributed by atoms with Gasteiger partial charge in [0.1, 0.15) is 0 Å². The minimum absolute atomic E-state index is 0.194. The summed E-state index contributed by atoms with van der Waals surface area (Å²) < 4.78 is 2.45. The number of aromatic nitrogens is 1. The molecule has 0 saturated heterocycles. The highest BCUT2D eigenvalue weighted by atomic mass is 15.1. The van der Waals surface area contributed by atoms with Crippen LogP contribution >= 0.6 is 0 Å². The second-order valence-electron chi connectivity index (χ2n) is 17.3. The molecule has 0 unspecified atom stereocenters. The third-order valence-electron chi connectivity index (χ3n) is 12.6. The van der Waals surface area contributed by atoms with Crippen LogP contribution in [0.2, 0.25) is 0 Å². The Labute approximate surface area is 336 Å². The minimum atomic E-state index is 0.194. The molecule has 2 nitrogen and oxygen atoms in total. The Kier molecular flexibility index (Phi) is 8.41. The van der Waals surface area contributed by atoms with Gasteiger partial charge in [-0.05, 0) is 135 Å². The van der Waals surface area contributed by atoms with Crippen molar-refractivity contribution in [3.05, 3.63) is 204 Å². The van der Waals surface area contributed by atoms with Crippen LogP contribution in [-0.2, 0) is 17.3 Å². The summed E-state index contributed by atoms with van der Waals surface area (Å²) in [6, 6.07) is 67.3. The number of para-hydroxylation sites is 1. The molecule has 1 aliphatic rings. The van der Waals surface area contributed by atoms with E-state index in [0.717, 1.165) is 23.5 Å². The molecule has 1 aliphatic carbocycles. The lowest BCUT2D eigenvalue weighted by atomic mass is 9.63. The standard InChI is InChI=1S/C55H48N2/c1-54(2)31-32-55(3,4)51-35-39(21-29-50(51)54)33-38-13-12-18-45(34-38)57-52-20-11-10-19-48(52)49-37-47(28-30-53(49)57)56(46-27-24-41-16-8-9-17-43(41)36-46)44-25-22-42(23-26-44)40-14-6-5-7-15-40/h5-30,34-37H,31-33H2,1-4H3. The molecule has 0 saturated carbocycles. The summed E-state index contributed by atoms with van der Waals surface area (Å²) in [7, 11) is 0. The van der Waals surface area contributed by atoms with Gasteiger partial charge in [-0.3, -0.25) is 0 Å². The predicted octanol–water partition coefficient (Wildman–Crippen LogP) is 15.0. The van der Waals surface area contributed by atoms with Gasteiger partial charge >= 0.3 is 0 Å². The summed E-state index contributed by atoms with van der Waals surface area (Å²) in [6.07, 6.45) is 3.36. The van der Waals surface area contributed by atoms with E-state index in [0.29, 0.717) is 0 Å². The molecule has 0 spiro atoms. The molecule has 57 heavy (non-hydrogen) atoms. The lowest BCUT2D eigenvalue weighted by Crippen LogP contribution is -2.33. The van der Waals surface area contributed by atoms with Gasteiger partial charge in [0.25, 0.3) is 0 Å². The van der Waals surface area contributed by atoms with Crippen LogP contribution in [0.3, 0.4) is 0 Å². The van der Waals surface area contributed by atoms with E-state index < -0.39 is 0 Å². The first-order chi connectivity index (χ1) is 27.7. The Morgan fingerprint density at radius 3 is 1.89 bits per heavy atom. The van der Waals surface area contributed by atoms with Crippen LogP contribution in [0.25, 0.3) is 49.4 Å². The molecule has 0 N–H and O–H groups in total. The van der Waals surface area contributed by atoms with Gasteiger partial charge in [-0.25, -0.2) is 0 Å². The molecular formula is C55H48N2. The molecular weight excluding hydrogens is 689 g/mol. The smallest absolute Gasteiger partial charge is 0.0542 e. The lowest BCUT2D eigenvalue weighted by molar-refractivity contribution is 0.331. The number of hydrogen-bond donors (Lipinski definition) is 0. The largest absolute Gasteiger partial charge is 0.310 e. The average molecular weight is 737 g/mol. The third-order valence-corrected chi connectivity index (χ3v) is 12.6. The number of fused-ring (bicyclic) bond motifs is 5. The molecule has 1 heterocycles. The second-order valence-corrected chi connectivity index (χ2v) is 17.3. The third kappa shape index (κ3) is 6.30. The molecule has 8 aromatic carbocycles. The highest BCUT2D eigenvalue weighted by Gasteiger charge is 2.37. The number of nitrogens with zero attached hydrogens (tertiary/aromatic N) is 2. The van der Waals surface area contributed by atoms with Crippen LogP contribution in [0.15, 0.2) is 182 Å². The Morgan fingerprint density at radius 2 is 1.07 bits per heavy atom. The minimum Gasteiger partial charge on any atom is -0.310 e. The maximum atomic E-state index is 2.50. The van der Waals surface area contributed by atoms with Gasteiger partial charge in [0.05, 0.1) is 11.0 Å². The Morgan fingerprint density at radius 1 is 0.439 bits per heavy atom. The SMILES string of the molecule is CC1(C)CCC(C)(C)c2cc(Cc3cccc(-n4c5ccccc5c5cc(N(c6ccc(-c7ccccc7)cc6)c6ccc7ccccc7c6)ccc54)c3)ccc21. The highest BCUT2D eigenvalue weighted by Crippen LogP contribution is 2.46. The topological polar surface area (TPSA) is 8.17 Å². The molecule has 0 radical (unpaired) electrons. The number of benzene rings is 8. The van der Waals surface area contributed by atoms with Gasteiger partial charge in [-0.1, -0.05) is 149 Å². The van der Waals surface area contributed by atoms with Crippen molar-refractivity contribution in [3.8, 4) is 16.8 Å². The summed E-state index contributed by atoms with van der Waals surface area (Å²) in [6.45, 7) is 9.65. The van der Waals surface area contributed by atoms with Crippen LogP contribution in [0.1, 0.15) is 62.8 Å². The van der Waals surface area contributed by atoms with Crippen LogP contribution in [0, 0.1) is 0 Å². The normalized spacial score (nSPS) is 14.5. The van der Waals surface area contributed by atoms with E-state index in [4.69, 9.17) is 0 Å². The van der Waals surface area contributed by atoms with Gasteiger partial charge in [0, 0.05) is 33.5 Å². The van der Waals surface area contributed by atoms with E-state index in [2.05, 4.69) is 219 Å². The van der Waals surface area contributed by atoms with Crippen molar-refractivity contribution in [3.63, 3.8) is 0 Å². The van der Waals surface area contributed by atoms with Crippen molar-refractivity contribution in [1.29, 1.82) is 0 Å². The van der Waals surface area contributed by atoms with E-state index >= 15 is 0 Å². The first-order valence-electron chi connectivity index (χ1n) is 20.4. The molecule has 1 aromatic heterocycles. The van der Waals surface area contributed by atoms with Gasteiger partial charge < -0.3 is 9.47 Å². The Hall–Kier alpha value is -6.38. The maximum absolute atomic E-state index is 2.50. The van der Waals surface area contributed by atoms with Crippen molar-refractivity contribution >= 4 is 49.6 Å².